The van der Waals surface area contributed by atoms with Crippen molar-refractivity contribution in [1.29, 1.82) is 0 Å². The summed E-state index contributed by atoms with van der Waals surface area (Å²) in [6.45, 7) is 7.28. The van der Waals surface area contributed by atoms with Gasteiger partial charge in [0.15, 0.2) is 0 Å². The van der Waals surface area contributed by atoms with Crippen molar-refractivity contribution >= 4 is 5.82 Å². The molecular weight excluding hydrogens is 250 g/mol. The molecule has 0 radical (unpaired) electrons. The summed E-state index contributed by atoms with van der Waals surface area (Å²) >= 11 is 0. The van der Waals surface area contributed by atoms with Crippen molar-refractivity contribution in [3.05, 3.63) is 18.1 Å². The van der Waals surface area contributed by atoms with E-state index in [0.29, 0.717) is 12.1 Å². The molecule has 2 rings (SSSR count). The number of nitrogens with one attached hydrogen (secondary N) is 1. The van der Waals surface area contributed by atoms with Gasteiger partial charge in [-0.25, -0.2) is 4.98 Å². The highest BCUT2D eigenvalue weighted by Gasteiger charge is 2.22. The summed E-state index contributed by atoms with van der Waals surface area (Å²) in [6.07, 6.45) is 6.34. The van der Waals surface area contributed by atoms with E-state index in [-0.39, 0.29) is 0 Å². The van der Waals surface area contributed by atoms with E-state index >= 15 is 0 Å². The van der Waals surface area contributed by atoms with Gasteiger partial charge in [-0.3, -0.25) is 4.98 Å². The average Bonchev–Trinajstić information content (AvgIpc) is 2.82. The maximum Gasteiger partial charge on any atom is 0.146 e. The molecule has 20 heavy (non-hydrogen) atoms. The summed E-state index contributed by atoms with van der Waals surface area (Å²) in [5, 5.41) is 3.35. The maximum atomic E-state index is 4.53. The molecule has 0 spiro atoms. The second-order valence-corrected chi connectivity index (χ2v) is 6.06. The van der Waals surface area contributed by atoms with Crippen molar-refractivity contribution < 1.29 is 0 Å². The summed E-state index contributed by atoms with van der Waals surface area (Å²) in [7, 11) is 4.31. The minimum atomic E-state index is 0.469. The first-order valence-electron chi connectivity index (χ1n) is 7.52. The van der Waals surface area contributed by atoms with Crippen molar-refractivity contribution in [3.63, 3.8) is 0 Å². The van der Waals surface area contributed by atoms with Gasteiger partial charge in [-0.1, -0.05) is 13.8 Å². The normalized spacial score (nSPS) is 19.8. The fourth-order valence-corrected chi connectivity index (χ4v) is 2.56. The number of hydrogen-bond donors (Lipinski definition) is 1. The second-order valence-electron chi connectivity index (χ2n) is 6.06. The quantitative estimate of drug-likeness (QED) is 0.854. The maximum absolute atomic E-state index is 4.53. The lowest BCUT2D eigenvalue weighted by Gasteiger charge is -2.26. The van der Waals surface area contributed by atoms with E-state index in [1.165, 1.54) is 19.4 Å². The Morgan fingerprint density at radius 1 is 1.40 bits per heavy atom. The van der Waals surface area contributed by atoms with Crippen LogP contribution < -0.4 is 10.2 Å². The van der Waals surface area contributed by atoms with Crippen molar-refractivity contribution in [2.75, 3.05) is 32.1 Å². The summed E-state index contributed by atoms with van der Waals surface area (Å²) in [4.78, 5) is 13.7. The van der Waals surface area contributed by atoms with Crippen LogP contribution in [0.3, 0.4) is 0 Å². The molecule has 1 N–H and O–H groups in total. The summed E-state index contributed by atoms with van der Waals surface area (Å²) < 4.78 is 0. The molecule has 0 aromatic carbocycles. The Labute approximate surface area is 122 Å². The van der Waals surface area contributed by atoms with E-state index in [1.54, 1.807) is 0 Å². The van der Waals surface area contributed by atoms with E-state index in [2.05, 4.69) is 53.0 Å². The summed E-state index contributed by atoms with van der Waals surface area (Å²) in [5.74, 6) is 0.957. The third kappa shape index (κ3) is 4.15. The average molecular weight is 277 g/mol. The fourth-order valence-electron chi connectivity index (χ4n) is 2.56. The van der Waals surface area contributed by atoms with Gasteiger partial charge in [-0.2, -0.15) is 0 Å². The van der Waals surface area contributed by atoms with Gasteiger partial charge >= 0.3 is 0 Å². The molecular formula is C15H27N5. The lowest BCUT2D eigenvalue weighted by atomic mass is 10.2. The first-order chi connectivity index (χ1) is 9.56. The van der Waals surface area contributed by atoms with Crippen LogP contribution in [-0.4, -0.2) is 54.1 Å². The van der Waals surface area contributed by atoms with Crippen LogP contribution in [0, 0.1) is 0 Å². The molecule has 1 aliphatic rings. The van der Waals surface area contributed by atoms with E-state index in [4.69, 9.17) is 0 Å². The minimum Gasteiger partial charge on any atom is -0.357 e. The number of likely N-dealkylation sites (N-methyl/N-ethyl adjacent to an activating group) is 2. The Kier molecular flexibility index (Phi) is 5.31. The van der Waals surface area contributed by atoms with Crippen molar-refractivity contribution in [1.82, 2.24) is 20.2 Å². The number of aromatic nitrogens is 2. The summed E-state index contributed by atoms with van der Waals surface area (Å²) in [5.41, 5.74) is 0.994. The monoisotopic (exact) mass is 277 g/mol. The Morgan fingerprint density at radius 2 is 2.20 bits per heavy atom. The minimum absolute atomic E-state index is 0.469. The summed E-state index contributed by atoms with van der Waals surface area (Å²) in [6, 6.07) is 1.11. The Bertz CT molecular complexity index is 403. The Balaban J connectivity index is 1.88. The van der Waals surface area contributed by atoms with Gasteiger partial charge in [-0.15, -0.1) is 0 Å². The molecule has 1 aromatic rings. The molecule has 2 heterocycles. The predicted molar refractivity (Wildman–Crippen MR) is 82.9 cm³/mol. The lowest BCUT2D eigenvalue weighted by Crippen LogP contribution is -2.37. The first-order valence-corrected chi connectivity index (χ1v) is 7.52. The number of likely N-dealkylation sites (tertiary alicyclic amines) is 1. The number of anilines is 1. The zero-order chi connectivity index (χ0) is 14.5. The molecule has 112 valence electrons. The molecule has 5 heteroatoms. The van der Waals surface area contributed by atoms with Crippen molar-refractivity contribution in [3.8, 4) is 0 Å². The molecule has 1 saturated heterocycles. The van der Waals surface area contributed by atoms with Crippen LogP contribution in [0.25, 0.3) is 0 Å². The Hall–Kier alpha value is -1.20. The predicted octanol–water partition coefficient (Wildman–Crippen LogP) is 1.50. The van der Waals surface area contributed by atoms with Crippen LogP contribution in [0.1, 0.15) is 32.4 Å². The molecule has 1 aliphatic heterocycles. The van der Waals surface area contributed by atoms with Gasteiger partial charge in [0.2, 0.25) is 0 Å². The van der Waals surface area contributed by atoms with Crippen molar-refractivity contribution in [2.24, 2.45) is 0 Å². The zero-order valence-corrected chi connectivity index (χ0v) is 13.1. The molecule has 5 nitrogen and oxygen atoms in total. The molecule has 0 aliphatic carbocycles. The fraction of sp³-hybridized carbons (Fsp3) is 0.733. The standard InChI is InChI=1S/C15H27N5/c1-12(2)16-8-13-9-18-15(10-17-13)20(4)11-14-6-5-7-19(14)3/h9-10,12,14,16H,5-8,11H2,1-4H3. The van der Waals surface area contributed by atoms with Gasteiger partial charge in [0.05, 0.1) is 18.1 Å². The first kappa shape index (κ1) is 15.2. The van der Waals surface area contributed by atoms with E-state index in [9.17, 15) is 0 Å². The Morgan fingerprint density at radius 3 is 2.75 bits per heavy atom. The van der Waals surface area contributed by atoms with Crippen LogP contribution >= 0.6 is 0 Å². The number of rotatable bonds is 6. The van der Waals surface area contributed by atoms with Gasteiger partial charge in [-0.05, 0) is 26.4 Å². The molecule has 0 amide bonds. The van der Waals surface area contributed by atoms with Crippen LogP contribution in [0.4, 0.5) is 5.82 Å². The third-order valence-electron chi connectivity index (χ3n) is 3.93. The number of hydrogen-bond acceptors (Lipinski definition) is 5. The molecule has 1 unspecified atom stereocenters. The van der Waals surface area contributed by atoms with E-state index in [0.717, 1.165) is 24.6 Å². The van der Waals surface area contributed by atoms with Crippen LogP contribution in [0.2, 0.25) is 0 Å². The molecule has 0 saturated carbocycles. The number of nitrogens with zero attached hydrogens (tertiary/aromatic N) is 4. The van der Waals surface area contributed by atoms with E-state index < -0.39 is 0 Å². The molecule has 1 atom stereocenters. The topological polar surface area (TPSA) is 44.3 Å². The lowest BCUT2D eigenvalue weighted by molar-refractivity contribution is 0.314. The van der Waals surface area contributed by atoms with Crippen LogP contribution in [-0.2, 0) is 6.54 Å². The molecule has 1 fully saturated rings. The smallest absolute Gasteiger partial charge is 0.146 e. The SMILES string of the molecule is CC(C)NCc1cnc(N(C)CC2CCCN2C)cn1. The van der Waals surface area contributed by atoms with Crippen LogP contribution in [0.15, 0.2) is 12.4 Å². The third-order valence-corrected chi connectivity index (χ3v) is 3.93. The van der Waals surface area contributed by atoms with Crippen molar-refractivity contribution in [2.45, 2.75) is 45.3 Å². The van der Waals surface area contributed by atoms with Gasteiger partial charge in [0.25, 0.3) is 0 Å². The highest BCUT2D eigenvalue weighted by molar-refractivity contribution is 5.34. The highest BCUT2D eigenvalue weighted by atomic mass is 15.2. The van der Waals surface area contributed by atoms with Gasteiger partial charge < -0.3 is 15.1 Å². The molecule has 1 aromatic heterocycles. The second kappa shape index (κ2) is 6.99. The highest BCUT2D eigenvalue weighted by Crippen LogP contribution is 2.17. The van der Waals surface area contributed by atoms with Gasteiger partial charge in [0, 0.05) is 32.2 Å². The van der Waals surface area contributed by atoms with Crippen LogP contribution in [0.5, 0.6) is 0 Å². The molecule has 0 bridgehead atoms. The van der Waals surface area contributed by atoms with E-state index in [1.807, 2.05) is 12.4 Å². The zero-order valence-electron chi connectivity index (χ0n) is 13.1. The largest absolute Gasteiger partial charge is 0.357 e. The van der Waals surface area contributed by atoms with Gasteiger partial charge in [0.1, 0.15) is 5.82 Å².